The van der Waals surface area contributed by atoms with E-state index in [0.29, 0.717) is 18.2 Å². The third-order valence-electron chi connectivity index (χ3n) is 6.83. The first-order valence-corrected chi connectivity index (χ1v) is 13.8. The lowest BCUT2D eigenvalue weighted by Gasteiger charge is -2.31. The van der Waals surface area contributed by atoms with Gasteiger partial charge in [0.25, 0.3) is 0 Å². The summed E-state index contributed by atoms with van der Waals surface area (Å²) in [6.07, 6.45) is 12.9. The summed E-state index contributed by atoms with van der Waals surface area (Å²) >= 11 is 6.76. The fourth-order valence-electron chi connectivity index (χ4n) is 4.96. The Morgan fingerprint density at radius 2 is 1.88 bits per heavy atom. The van der Waals surface area contributed by atoms with Crippen molar-refractivity contribution in [1.29, 1.82) is 0 Å². The number of aryl methyl sites for hydroxylation is 1. The molecule has 1 N–H and O–H groups in total. The number of hydrogen-bond donors (Lipinski definition) is 2. The molecule has 7 heteroatoms. The molecule has 4 rings (SSSR count). The highest BCUT2D eigenvalue weighted by Gasteiger charge is 2.32. The standard InChI is InChI=1S/C27H37NO4S2/c1-30-21-12-13-23(25(16-21)31-2)26-15-19(9-8-14-29)24(32-26)17-22-18-28(27(33)34-22)20-10-6-4-3-5-7-11-20/h12-13,15-17,20,27,29,33H,3-11,14,18H2,1-2H3/b22-17-. The zero-order valence-corrected chi connectivity index (χ0v) is 22.0. The summed E-state index contributed by atoms with van der Waals surface area (Å²) in [7, 11) is 3.30. The van der Waals surface area contributed by atoms with Gasteiger partial charge >= 0.3 is 0 Å². The number of methoxy groups -OCH3 is 2. The van der Waals surface area contributed by atoms with Crippen LogP contribution in [-0.2, 0) is 6.42 Å². The van der Waals surface area contributed by atoms with Crippen LogP contribution in [0.2, 0.25) is 0 Å². The highest BCUT2D eigenvalue weighted by Crippen LogP contribution is 2.42. The first kappa shape index (κ1) is 25.5. The first-order valence-electron chi connectivity index (χ1n) is 12.4. The molecule has 2 aliphatic rings. The van der Waals surface area contributed by atoms with Gasteiger partial charge < -0.3 is 19.0 Å². The lowest BCUT2D eigenvalue weighted by atomic mass is 9.96. The van der Waals surface area contributed by atoms with E-state index in [9.17, 15) is 5.11 Å². The van der Waals surface area contributed by atoms with Gasteiger partial charge in [0.15, 0.2) is 0 Å². The van der Waals surface area contributed by atoms with Crippen molar-refractivity contribution in [1.82, 2.24) is 4.90 Å². The van der Waals surface area contributed by atoms with E-state index in [0.717, 1.165) is 41.4 Å². The van der Waals surface area contributed by atoms with Crippen LogP contribution < -0.4 is 9.47 Å². The zero-order chi connectivity index (χ0) is 23.9. The third kappa shape index (κ3) is 6.17. The van der Waals surface area contributed by atoms with Crippen LogP contribution in [0.15, 0.2) is 33.6 Å². The Morgan fingerprint density at radius 3 is 2.59 bits per heavy atom. The van der Waals surface area contributed by atoms with Crippen molar-refractivity contribution in [2.75, 3.05) is 27.4 Å². The molecule has 1 aromatic heterocycles. The average Bonchev–Trinajstić information content (AvgIpc) is 3.40. The predicted molar refractivity (Wildman–Crippen MR) is 144 cm³/mol. The molecule has 186 valence electrons. The van der Waals surface area contributed by atoms with Gasteiger partial charge in [-0.1, -0.05) is 43.9 Å². The van der Waals surface area contributed by atoms with E-state index >= 15 is 0 Å². The second-order valence-electron chi connectivity index (χ2n) is 9.12. The minimum Gasteiger partial charge on any atom is -0.497 e. The van der Waals surface area contributed by atoms with Gasteiger partial charge in [0, 0.05) is 30.2 Å². The number of aliphatic hydroxyl groups excluding tert-OH is 1. The second-order valence-corrected chi connectivity index (χ2v) is 11.2. The Labute approximate surface area is 213 Å². The monoisotopic (exact) mass is 503 g/mol. The van der Waals surface area contributed by atoms with Crippen LogP contribution in [0, 0.1) is 0 Å². The Morgan fingerprint density at radius 1 is 1.12 bits per heavy atom. The number of thiol groups is 1. The number of furan rings is 1. The maximum Gasteiger partial charge on any atom is 0.138 e. The normalized spacial score (nSPS) is 21.5. The van der Waals surface area contributed by atoms with E-state index in [1.807, 2.05) is 30.0 Å². The van der Waals surface area contributed by atoms with Gasteiger partial charge in [0.1, 0.15) is 27.7 Å². The van der Waals surface area contributed by atoms with Crippen LogP contribution in [0.4, 0.5) is 0 Å². The van der Waals surface area contributed by atoms with Crippen molar-refractivity contribution in [3.8, 4) is 22.8 Å². The summed E-state index contributed by atoms with van der Waals surface area (Å²) in [5, 5.41) is 9.42. The number of rotatable bonds is 8. The number of ether oxygens (including phenoxy) is 2. The Hall–Kier alpha value is -1.54. The molecule has 1 atom stereocenters. The molecule has 1 aliphatic heterocycles. The largest absolute Gasteiger partial charge is 0.497 e. The number of benzene rings is 1. The highest BCUT2D eigenvalue weighted by atomic mass is 32.2. The highest BCUT2D eigenvalue weighted by molar-refractivity contribution is 8.13. The van der Waals surface area contributed by atoms with Gasteiger partial charge in [0.2, 0.25) is 0 Å². The molecular formula is C27H37NO4S2. The van der Waals surface area contributed by atoms with Gasteiger partial charge in [0.05, 0.1) is 19.8 Å². The molecule has 34 heavy (non-hydrogen) atoms. The molecule has 2 heterocycles. The van der Waals surface area contributed by atoms with Gasteiger partial charge in [-0.05, 0) is 55.5 Å². The maximum atomic E-state index is 9.42. The molecule has 1 saturated carbocycles. The van der Waals surface area contributed by atoms with E-state index in [2.05, 4.69) is 17.0 Å². The second kappa shape index (κ2) is 12.4. The molecular weight excluding hydrogens is 466 g/mol. The minimum atomic E-state index is 0.158. The zero-order valence-electron chi connectivity index (χ0n) is 20.3. The van der Waals surface area contributed by atoms with Gasteiger partial charge in [-0.15, -0.1) is 12.6 Å². The quantitative estimate of drug-likeness (QED) is 0.396. The van der Waals surface area contributed by atoms with Crippen molar-refractivity contribution >= 4 is 30.5 Å². The van der Waals surface area contributed by atoms with Crippen molar-refractivity contribution in [2.24, 2.45) is 0 Å². The van der Waals surface area contributed by atoms with Crippen LogP contribution in [-0.4, -0.2) is 48.1 Å². The van der Waals surface area contributed by atoms with Gasteiger partial charge in [-0.2, -0.15) is 0 Å². The van der Waals surface area contributed by atoms with E-state index in [-0.39, 0.29) is 11.3 Å². The molecule has 0 spiro atoms. The number of hydrogen-bond acceptors (Lipinski definition) is 7. The molecule has 0 radical (unpaired) electrons. The molecule has 1 aliphatic carbocycles. The van der Waals surface area contributed by atoms with Crippen molar-refractivity contribution < 1.29 is 19.0 Å². The van der Waals surface area contributed by atoms with E-state index < -0.39 is 0 Å². The Kier molecular flexibility index (Phi) is 9.34. The molecule has 0 amide bonds. The summed E-state index contributed by atoms with van der Waals surface area (Å²) in [6.45, 7) is 1.08. The summed E-state index contributed by atoms with van der Waals surface area (Å²) in [6, 6.07) is 8.45. The number of thioether (sulfide) groups is 1. The summed E-state index contributed by atoms with van der Waals surface area (Å²) in [4.78, 5) is 3.85. The van der Waals surface area contributed by atoms with E-state index in [1.165, 1.54) is 49.9 Å². The molecule has 5 nitrogen and oxygen atoms in total. The van der Waals surface area contributed by atoms with E-state index in [1.54, 1.807) is 14.2 Å². The lowest BCUT2D eigenvalue weighted by Crippen LogP contribution is -2.36. The fraction of sp³-hybridized carbons (Fsp3) is 0.556. The van der Waals surface area contributed by atoms with Crippen molar-refractivity contribution in [2.45, 2.75) is 68.5 Å². The van der Waals surface area contributed by atoms with Gasteiger partial charge in [-0.3, -0.25) is 4.90 Å². The first-order chi connectivity index (χ1) is 16.6. The smallest absolute Gasteiger partial charge is 0.138 e. The van der Waals surface area contributed by atoms with Crippen molar-refractivity contribution in [3.05, 3.63) is 40.5 Å². The number of aliphatic hydroxyl groups is 1. The van der Waals surface area contributed by atoms with Crippen LogP contribution in [0.5, 0.6) is 11.5 Å². The van der Waals surface area contributed by atoms with Crippen LogP contribution in [0.3, 0.4) is 0 Å². The minimum absolute atomic E-state index is 0.158. The SMILES string of the molecule is COc1ccc(-c2cc(CCCO)c(/C=C3/CN(C4CCCCCCC4)C(S)S3)o2)c(OC)c1. The van der Waals surface area contributed by atoms with Crippen LogP contribution >= 0.6 is 24.4 Å². The topological polar surface area (TPSA) is 55.1 Å². The molecule has 2 aromatic rings. The fourth-order valence-corrected chi connectivity index (χ4v) is 6.69. The van der Waals surface area contributed by atoms with Gasteiger partial charge in [-0.25, -0.2) is 0 Å². The summed E-state index contributed by atoms with van der Waals surface area (Å²) < 4.78 is 17.5. The summed E-state index contributed by atoms with van der Waals surface area (Å²) in [5.74, 6) is 3.08. The molecule has 2 fully saturated rings. The maximum absolute atomic E-state index is 9.42. The van der Waals surface area contributed by atoms with Crippen LogP contribution in [0.1, 0.15) is 62.7 Å². The molecule has 1 saturated heterocycles. The molecule has 1 aromatic carbocycles. The van der Waals surface area contributed by atoms with E-state index in [4.69, 9.17) is 26.5 Å². The molecule has 0 bridgehead atoms. The van der Waals surface area contributed by atoms with Crippen molar-refractivity contribution in [3.63, 3.8) is 0 Å². The Bertz CT molecular complexity index is 966. The van der Waals surface area contributed by atoms with Crippen LogP contribution in [0.25, 0.3) is 17.4 Å². The third-order valence-corrected chi connectivity index (χ3v) is 8.48. The predicted octanol–water partition coefficient (Wildman–Crippen LogP) is 6.60. The average molecular weight is 504 g/mol. The molecule has 1 unspecified atom stereocenters. The number of nitrogens with zero attached hydrogens (tertiary/aromatic N) is 1. The lowest BCUT2D eigenvalue weighted by molar-refractivity contribution is 0.208. The Balaban J connectivity index is 1.59. The summed E-state index contributed by atoms with van der Waals surface area (Å²) in [5.41, 5.74) is 2.00.